The van der Waals surface area contributed by atoms with Crippen LogP contribution in [0, 0.1) is 0 Å². The molecule has 0 bridgehead atoms. The molecule has 1 aliphatic rings. The lowest BCUT2D eigenvalue weighted by Crippen LogP contribution is -2.55. The Balaban J connectivity index is 1.81. The van der Waals surface area contributed by atoms with Crippen molar-refractivity contribution in [2.75, 3.05) is 13.1 Å². The van der Waals surface area contributed by atoms with Crippen LogP contribution in [0.4, 0.5) is 0 Å². The molecule has 4 rings (SSSR count). The van der Waals surface area contributed by atoms with Gasteiger partial charge in [-0.3, -0.25) is 19.4 Å². The van der Waals surface area contributed by atoms with Gasteiger partial charge in [-0.1, -0.05) is 48.5 Å². The first-order valence-electron chi connectivity index (χ1n) is 10.1. The summed E-state index contributed by atoms with van der Waals surface area (Å²) >= 11 is 5.35. The minimum atomic E-state index is -0.336. The van der Waals surface area contributed by atoms with E-state index in [0.29, 0.717) is 19.6 Å². The predicted molar refractivity (Wildman–Crippen MR) is 123 cm³/mol. The van der Waals surface area contributed by atoms with Crippen LogP contribution in [-0.2, 0) is 16.1 Å². The first-order valence-corrected chi connectivity index (χ1v) is 10.5. The molecular weight excluding hydrogens is 394 g/mol. The van der Waals surface area contributed by atoms with Crippen molar-refractivity contribution in [1.29, 1.82) is 0 Å². The zero-order valence-corrected chi connectivity index (χ0v) is 17.9. The fourth-order valence-corrected chi connectivity index (χ4v) is 4.26. The summed E-state index contributed by atoms with van der Waals surface area (Å²) in [6.45, 7) is 5.27. The van der Waals surface area contributed by atoms with Gasteiger partial charge in [0.25, 0.3) is 11.8 Å². The zero-order valence-electron chi connectivity index (χ0n) is 17.0. The normalized spacial score (nSPS) is 14.7. The van der Waals surface area contributed by atoms with Gasteiger partial charge in [0.15, 0.2) is 5.11 Å². The van der Waals surface area contributed by atoms with Gasteiger partial charge < -0.3 is 4.57 Å². The van der Waals surface area contributed by atoms with Crippen molar-refractivity contribution in [1.82, 2.24) is 14.4 Å². The van der Waals surface area contributed by atoms with Crippen LogP contribution in [-0.4, -0.2) is 44.4 Å². The van der Waals surface area contributed by atoms with Gasteiger partial charge in [0.1, 0.15) is 5.57 Å². The Hall–Kier alpha value is -3.25. The number of hydrogen-bond donors (Lipinski definition) is 0. The Morgan fingerprint density at radius 3 is 2.10 bits per heavy atom. The van der Waals surface area contributed by atoms with Gasteiger partial charge in [-0.2, -0.15) is 0 Å². The number of benzene rings is 2. The topological polar surface area (TPSA) is 45.6 Å². The molecule has 0 radical (unpaired) electrons. The molecule has 2 heterocycles. The summed E-state index contributed by atoms with van der Waals surface area (Å²) in [5.41, 5.74) is 3.23. The maximum absolute atomic E-state index is 13.0. The molecule has 2 aromatic carbocycles. The van der Waals surface area contributed by atoms with Gasteiger partial charge in [-0.05, 0) is 43.8 Å². The minimum Gasteiger partial charge on any atom is -0.342 e. The second-order valence-electron chi connectivity index (χ2n) is 7.15. The Morgan fingerprint density at radius 1 is 0.867 bits per heavy atom. The van der Waals surface area contributed by atoms with E-state index in [1.165, 1.54) is 15.4 Å². The molecular formula is C24H23N3O2S. The van der Waals surface area contributed by atoms with E-state index in [0.717, 1.165) is 16.5 Å². The van der Waals surface area contributed by atoms with Crippen molar-refractivity contribution in [3.05, 3.63) is 77.5 Å². The van der Waals surface area contributed by atoms with Crippen LogP contribution in [0.1, 0.15) is 25.0 Å². The third-order valence-corrected chi connectivity index (χ3v) is 5.80. The fraction of sp³-hybridized carbons (Fsp3) is 0.208. The number of nitrogens with zero attached hydrogens (tertiary/aromatic N) is 3. The third-order valence-electron chi connectivity index (χ3n) is 5.36. The number of thiocarbonyl (C=S) groups is 1. The molecule has 1 saturated heterocycles. The average Bonchev–Trinajstić information content (AvgIpc) is 3.10. The SMILES string of the molecule is CCN1C(=O)C(=Cc2cn(Cc3ccccc3)c3ccccc23)C(=O)N(CC)C1=S. The molecule has 6 heteroatoms. The molecule has 0 saturated carbocycles. The number of amides is 2. The molecule has 1 aliphatic heterocycles. The van der Waals surface area contributed by atoms with Crippen LogP contribution in [0.2, 0.25) is 0 Å². The Labute approximate surface area is 181 Å². The second kappa shape index (κ2) is 8.24. The van der Waals surface area contributed by atoms with Crippen LogP contribution in [0.3, 0.4) is 0 Å². The summed E-state index contributed by atoms with van der Waals surface area (Å²) in [7, 11) is 0. The number of carbonyl (C=O) groups excluding carboxylic acids is 2. The smallest absolute Gasteiger partial charge is 0.265 e. The van der Waals surface area contributed by atoms with E-state index >= 15 is 0 Å². The summed E-state index contributed by atoms with van der Waals surface area (Å²) in [6, 6.07) is 18.2. The zero-order chi connectivity index (χ0) is 21.3. The van der Waals surface area contributed by atoms with Crippen molar-refractivity contribution in [3.8, 4) is 0 Å². The van der Waals surface area contributed by atoms with Crippen molar-refractivity contribution >= 4 is 46.1 Å². The summed E-state index contributed by atoms with van der Waals surface area (Å²) in [4.78, 5) is 28.9. The Bertz CT molecular complexity index is 1140. The minimum absolute atomic E-state index is 0.148. The van der Waals surface area contributed by atoms with Gasteiger partial charge in [-0.15, -0.1) is 0 Å². The summed E-state index contributed by atoms with van der Waals surface area (Å²) in [5, 5.41) is 1.28. The number of carbonyl (C=O) groups is 2. The van der Waals surface area contributed by atoms with Gasteiger partial charge in [0.05, 0.1) is 0 Å². The first kappa shape index (κ1) is 20.0. The van der Waals surface area contributed by atoms with E-state index in [2.05, 4.69) is 22.8 Å². The Kier molecular flexibility index (Phi) is 5.50. The quantitative estimate of drug-likeness (QED) is 0.357. The highest BCUT2D eigenvalue weighted by atomic mass is 32.1. The highest BCUT2D eigenvalue weighted by Gasteiger charge is 2.37. The van der Waals surface area contributed by atoms with E-state index in [4.69, 9.17) is 12.2 Å². The van der Waals surface area contributed by atoms with Crippen molar-refractivity contribution in [2.45, 2.75) is 20.4 Å². The number of likely N-dealkylation sites (N-methyl/N-ethyl adjacent to an activating group) is 2. The van der Waals surface area contributed by atoms with Crippen LogP contribution >= 0.6 is 12.2 Å². The molecule has 0 spiro atoms. The molecule has 1 aromatic heterocycles. The predicted octanol–water partition coefficient (Wildman–Crippen LogP) is 4.07. The molecule has 2 amide bonds. The van der Waals surface area contributed by atoms with Crippen LogP contribution in [0.15, 0.2) is 66.4 Å². The number of rotatable bonds is 5. The molecule has 0 unspecified atom stereocenters. The van der Waals surface area contributed by atoms with Crippen LogP contribution < -0.4 is 0 Å². The number of hydrogen-bond acceptors (Lipinski definition) is 3. The van der Waals surface area contributed by atoms with E-state index in [9.17, 15) is 9.59 Å². The maximum atomic E-state index is 13.0. The van der Waals surface area contributed by atoms with E-state index < -0.39 is 0 Å². The number of fused-ring (bicyclic) bond motifs is 1. The van der Waals surface area contributed by atoms with Crippen LogP contribution in [0.5, 0.6) is 0 Å². The van der Waals surface area contributed by atoms with Gasteiger partial charge in [0, 0.05) is 42.3 Å². The third kappa shape index (κ3) is 3.44. The van der Waals surface area contributed by atoms with E-state index in [1.54, 1.807) is 6.08 Å². The second-order valence-corrected chi connectivity index (χ2v) is 7.52. The lowest BCUT2D eigenvalue weighted by atomic mass is 10.1. The van der Waals surface area contributed by atoms with E-state index in [1.807, 2.05) is 56.4 Å². The molecule has 30 heavy (non-hydrogen) atoms. The Morgan fingerprint density at radius 2 is 1.47 bits per heavy atom. The molecule has 152 valence electrons. The van der Waals surface area contributed by atoms with Crippen molar-refractivity contribution in [3.63, 3.8) is 0 Å². The first-order chi connectivity index (χ1) is 14.5. The fourth-order valence-electron chi connectivity index (χ4n) is 3.84. The number of para-hydroxylation sites is 1. The highest BCUT2D eigenvalue weighted by Crippen LogP contribution is 2.27. The van der Waals surface area contributed by atoms with E-state index in [-0.39, 0.29) is 22.5 Å². The lowest BCUT2D eigenvalue weighted by Gasteiger charge is -2.35. The van der Waals surface area contributed by atoms with Gasteiger partial charge in [-0.25, -0.2) is 0 Å². The van der Waals surface area contributed by atoms with Crippen LogP contribution in [0.25, 0.3) is 17.0 Å². The molecule has 0 N–H and O–H groups in total. The lowest BCUT2D eigenvalue weighted by molar-refractivity contribution is -0.133. The summed E-state index contributed by atoms with van der Waals surface area (Å²) in [6.07, 6.45) is 3.71. The molecule has 0 aliphatic carbocycles. The summed E-state index contributed by atoms with van der Waals surface area (Å²) in [5.74, 6) is -0.672. The molecule has 3 aromatic rings. The largest absolute Gasteiger partial charge is 0.342 e. The number of aromatic nitrogens is 1. The van der Waals surface area contributed by atoms with Crippen molar-refractivity contribution < 1.29 is 9.59 Å². The molecule has 0 atom stereocenters. The van der Waals surface area contributed by atoms with Crippen molar-refractivity contribution in [2.24, 2.45) is 0 Å². The average molecular weight is 418 g/mol. The van der Waals surface area contributed by atoms with Gasteiger partial charge >= 0.3 is 0 Å². The maximum Gasteiger partial charge on any atom is 0.265 e. The van der Waals surface area contributed by atoms with Gasteiger partial charge in [0.2, 0.25) is 0 Å². The standard InChI is InChI=1S/C24H23N3O2S/c1-3-26-22(28)20(23(29)27(4-2)24(26)30)14-18-16-25(15-17-10-6-5-7-11-17)21-13-9-8-12-19(18)21/h5-14,16H,3-4,15H2,1-2H3. The monoisotopic (exact) mass is 417 g/mol. The summed E-state index contributed by atoms with van der Waals surface area (Å²) < 4.78 is 2.15. The molecule has 5 nitrogen and oxygen atoms in total. The molecule has 1 fully saturated rings. The highest BCUT2D eigenvalue weighted by molar-refractivity contribution is 7.80.